The van der Waals surface area contributed by atoms with Crippen LogP contribution in [0.1, 0.15) is 43.7 Å². The Morgan fingerprint density at radius 3 is 2.30 bits per heavy atom. The van der Waals surface area contributed by atoms with Crippen LogP contribution in [-0.2, 0) is 10.3 Å². The zero-order chi connectivity index (χ0) is 19.3. The number of nitrogens with zero attached hydrogens (tertiary/aromatic N) is 1. The summed E-state index contributed by atoms with van der Waals surface area (Å²) < 4.78 is 32.7. The first-order valence-corrected chi connectivity index (χ1v) is 9.67. The summed E-state index contributed by atoms with van der Waals surface area (Å²) in [7, 11) is -1.09. The molecule has 0 bridgehead atoms. The Labute approximate surface area is 160 Å². The molecule has 1 saturated carbocycles. The average Bonchev–Trinajstić information content (AvgIpc) is 2.69. The molecule has 2 nitrogen and oxygen atoms in total. The topological polar surface area (TPSA) is 21.6 Å². The van der Waals surface area contributed by atoms with E-state index < -0.39 is 13.1 Å². The molecule has 0 saturated heterocycles. The number of hydrogen-bond acceptors (Lipinski definition) is 2. The third-order valence-electron chi connectivity index (χ3n) is 5.70. The van der Waals surface area contributed by atoms with Crippen molar-refractivity contribution in [1.82, 2.24) is 0 Å². The summed E-state index contributed by atoms with van der Waals surface area (Å²) >= 11 is 0. The third-order valence-corrected chi connectivity index (χ3v) is 5.70. The van der Waals surface area contributed by atoms with Gasteiger partial charge in [0.2, 0.25) is 0 Å². The normalized spacial score (nSPS) is 25.1. The van der Waals surface area contributed by atoms with Gasteiger partial charge in [0.05, 0.1) is 5.60 Å². The van der Waals surface area contributed by atoms with E-state index in [0.29, 0.717) is 0 Å². The highest BCUT2D eigenvalue weighted by molar-refractivity contribution is 6.34. The van der Waals surface area contributed by atoms with Crippen LogP contribution in [0.4, 0.5) is 8.63 Å². The minimum absolute atomic E-state index is 0.0549. The van der Waals surface area contributed by atoms with E-state index in [1.54, 1.807) is 7.05 Å². The van der Waals surface area contributed by atoms with E-state index in [1.807, 2.05) is 60.7 Å². The molecule has 5 heteroatoms. The van der Waals surface area contributed by atoms with Crippen LogP contribution in [0.25, 0.3) is 0 Å². The zero-order valence-corrected chi connectivity index (χ0v) is 15.9. The van der Waals surface area contributed by atoms with Crippen molar-refractivity contribution in [2.24, 2.45) is 16.8 Å². The number of benzene rings is 2. The summed E-state index contributed by atoms with van der Waals surface area (Å²) in [5.74, 6) is -0.137. The molecule has 0 heterocycles. The number of aliphatic imine (C=N–C) groups is 1. The van der Waals surface area contributed by atoms with E-state index in [0.717, 1.165) is 42.5 Å². The predicted molar refractivity (Wildman–Crippen MR) is 107 cm³/mol. The van der Waals surface area contributed by atoms with Crippen LogP contribution >= 0.6 is 0 Å². The molecule has 0 N–H and O–H groups in total. The van der Waals surface area contributed by atoms with Crippen LogP contribution in [0, 0.1) is 11.8 Å². The third kappa shape index (κ3) is 3.84. The van der Waals surface area contributed by atoms with Crippen molar-refractivity contribution in [1.29, 1.82) is 0 Å². The van der Waals surface area contributed by atoms with Gasteiger partial charge in [-0.25, -0.2) is 0 Å². The molecule has 0 amide bonds. The Morgan fingerprint density at radius 1 is 1.11 bits per heavy atom. The molecular formula is C22H26BF2NO. The lowest BCUT2D eigenvalue weighted by molar-refractivity contribution is -0.127. The van der Waals surface area contributed by atoms with Crippen LogP contribution < -0.4 is 0 Å². The standard InChI is InChI=1S/C22H26BF2NO/c1-3-4-13-19-16-20(21(26-2)17-11-7-5-8-12-17)22(19,27-23(24)25)18-14-9-6-10-15-18/h5-12,14-15,19-20H,3-4,13,16H2,1-2H3/t19-,20+,22+/m1/s1. The van der Waals surface area contributed by atoms with Gasteiger partial charge in [0.1, 0.15) is 0 Å². The fraction of sp³-hybridized carbons (Fsp3) is 0.409. The monoisotopic (exact) mass is 369 g/mol. The maximum absolute atomic E-state index is 13.6. The van der Waals surface area contributed by atoms with Gasteiger partial charge in [0.15, 0.2) is 0 Å². The smallest absolute Gasteiger partial charge is 0.368 e. The maximum Gasteiger partial charge on any atom is 0.721 e. The first-order valence-electron chi connectivity index (χ1n) is 9.67. The van der Waals surface area contributed by atoms with Crippen molar-refractivity contribution in [2.45, 2.75) is 38.2 Å². The molecule has 0 spiro atoms. The SMILES string of the molecule is CCCC[C@@H]1C[C@@H](C(=NC)c2ccccc2)[C@]1(OB(F)F)c1ccccc1. The van der Waals surface area contributed by atoms with Gasteiger partial charge in [-0.05, 0) is 29.9 Å². The van der Waals surface area contributed by atoms with Crippen LogP contribution in [-0.4, -0.2) is 20.2 Å². The minimum Gasteiger partial charge on any atom is -0.368 e. The van der Waals surface area contributed by atoms with Gasteiger partial charge < -0.3 is 4.65 Å². The second kappa shape index (κ2) is 8.79. The second-order valence-electron chi connectivity index (χ2n) is 7.14. The largest absolute Gasteiger partial charge is 0.721 e. The highest BCUT2D eigenvalue weighted by Crippen LogP contribution is 2.57. The van der Waals surface area contributed by atoms with E-state index in [-0.39, 0.29) is 11.8 Å². The van der Waals surface area contributed by atoms with E-state index in [4.69, 9.17) is 4.65 Å². The Balaban J connectivity index is 2.06. The van der Waals surface area contributed by atoms with Crippen LogP contribution in [0.15, 0.2) is 65.7 Å². The molecule has 0 unspecified atom stereocenters. The van der Waals surface area contributed by atoms with Crippen molar-refractivity contribution in [2.75, 3.05) is 7.05 Å². The molecule has 3 rings (SSSR count). The summed E-state index contributed by atoms with van der Waals surface area (Å²) in [5.41, 5.74) is 1.60. The lowest BCUT2D eigenvalue weighted by Crippen LogP contribution is -2.59. The van der Waals surface area contributed by atoms with Crippen molar-refractivity contribution in [3.8, 4) is 0 Å². The molecule has 1 aliphatic rings. The van der Waals surface area contributed by atoms with Gasteiger partial charge in [-0.1, -0.05) is 80.4 Å². The Hall–Kier alpha value is -2.01. The highest BCUT2D eigenvalue weighted by atomic mass is 19.2. The lowest BCUT2D eigenvalue weighted by Gasteiger charge is -2.56. The molecular weight excluding hydrogens is 343 g/mol. The van der Waals surface area contributed by atoms with Crippen molar-refractivity contribution < 1.29 is 13.3 Å². The summed E-state index contributed by atoms with van der Waals surface area (Å²) in [6.45, 7) is 2.12. The van der Waals surface area contributed by atoms with E-state index in [2.05, 4.69) is 11.9 Å². The zero-order valence-electron chi connectivity index (χ0n) is 15.9. The second-order valence-corrected chi connectivity index (χ2v) is 7.14. The van der Waals surface area contributed by atoms with Gasteiger partial charge in [0, 0.05) is 18.7 Å². The fourth-order valence-corrected chi connectivity index (χ4v) is 4.48. The van der Waals surface area contributed by atoms with Crippen LogP contribution in [0.5, 0.6) is 0 Å². The van der Waals surface area contributed by atoms with E-state index in [9.17, 15) is 8.63 Å². The highest BCUT2D eigenvalue weighted by Gasteiger charge is 2.60. The molecule has 0 radical (unpaired) electrons. The first kappa shape index (κ1) is 19.7. The molecule has 27 heavy (non-hydrogen) atoms. The van der Waals surface area contributed by atoms with Crippen LogP contribution in [0.3, 0.4) is 0 Å². The lowest BCUT2D eigenvalue weighted by atomic mass is 9.54. The van der Waals surface area contributed by atoms with E-state index >= 15 is 0 Å². The summed E-state index contributed by atoms with van der Waals surface area (Å²) in [4.78, 5) is 4.51. The van der Waals surface area contributed by atoms with Crippen molar-refractivity contribution in [3.05, 3.63) is 71.8 Å². The van der Waals surface area contributed by atoms with Gasteiger partial charge >= 0.3 is 7.47 Å². The Morgan fingerprint density at radius 2 is 1.74 bits per heavy atom. The van der Waals surface area contributed by atoms with Gasteiger partial charge in [-0.2, -0.15) is 0 Å². The van der Waals surface area contributed by atoms with Crippen molar-refractivity contribution in [3.63, 3.8) is 0 Å². The quantitative estimate of drug-likeness (QED) is 0.428. The average molecular weight is 369 g/mol. The van der Waals surface area contributed by atoms with Crippen LogP contribution in [0.2, 0.25) is 0 Å². The molecule has 142 valence electrons. The van der Waals surface area contributed by atoms with Gasteiger partial charge in [0.25, 0.3) is 0 Å². The Bertz CT molecular complexity index is 753. The predicted octanol–water partition coefficient (Wildman–Crippen LogP) is 5.77. The number of unbranched alkanes of at least 4 members (excludes halogenated alkanes) is 1. The number of rotatable bonds is 8. The summed E-state index contributed by atoms with van der Waals surface area (Å²) in [6.07, 6.45) is 3.72. The fourth-order valence-electron chi connectivity index (χ4n) is 4.48. The van der Waals surface area contributed by atoms with Gasteiger partial charge in [-0.15, -0.1) is 0 Å². The minimum atomic E-state index is -2.83. The number of hydrogen-bond donors (Lipinski definition) is 0. The first-order chi connectivity index (χ1) is 13.1. The molecule has 1 aliphatic carbocycles. The summed E-state index contributed by atoms with van der Waals surface area (Å²) in [5, 5.41) is 0. The van der Waals surface area contributed by atoms with Gasteiger partial charge in [-0.3, -0.25) is 13.6 Å². The van der Waals surface area contributed by atoms with Crippen molar-refractivity contribution >= 4 is 13.2 Å². The molecule has 2 aromatic rings. The molecule has 3 atom stereocenters. The molecule has 1 fully saturated rings. The molecule has 2 aromatic carbocycles. The molecule has 0 aliphatic heterocycles. The molecule has 0 aromatic heterocycles. The maximum atomic E-state index is 13.6. The Kier molecular flexibility index (Phi) is 6.43. The summed E-state index contributed by atoms with van der Waals surface area (Å²) in [6, 6.07) is 19.3. The number of halogens is 2. The van der Waals surface area contributed by atoms with E-state index in [1.165, 1.54) is 0 Å².